The van der Waals surface area contributed by atoms with E-state index in [1.165, 1.54) is 18.3 Å². The Morgan fingerprint density at radius 3 is 2.68 bits per heavy atom. The highest BCUT2D eigenvalue weighted by atomic mass is 16.6. The lowest BCUT2D eigenvalue weighted by atomic mass is 10.1. The van der Waals surface area contributed by atoms with Crippen molar-refractivity contribution in [1.82, 2.24) is 4.98 Å². The third-order valence-electron chi connectivity index (χ3n) is 2.51. The second-order valence-corrected chi connectivity index (χ2v) is 3.82. The topological polar surface area (TPSA) is 91.8 Å². The van der Waals surface area contributed by atoms with Crippen LogP contribution in [-0.2, 0) is 6.54 Å². The van der Waals surface area contributed by atoms with Crippen LogP contribution in [0.4, 0.5) is 11.5 Å². The predicted octanol–water partition coefficient (Wildman–Crippen LogP) is 2.47. The number of nitrogens with one attached hydrogen (secondary N) is 1. The Morgan fingerprint density at radius 2 is 2.05 bits per heavy atom. The van der Waals surface area contributed by atoms with Crippen LogP contribution >= 0.6 is 0 Å². The van der Waals surface area contributed by atoms with Crippen LogP contribution in [0.25, 0.3) is 0 Å². The van der Waals surface area contributed by atoms with E-state index in [0.29, 0.717) is 17.9 Å². The quantitative estimate of drug-likeness (QED) is 0.668. The molecule has 2 rings (SSSR count). The fourth-order valence-corrected chi connectivity index (χ4v) is 1.52. The summed E-state index contributed by atoms with van der Waals surface area (Å²) in [6.45, 7) is 0.486. The van der Waals surface area contributed by atoms with Gasteiger partial charge in [0.2, 0.25) is 0 Å². The molecule has 19 heavy (non-hydrogen) atoms. The monoisotopic (exact) mass is 254 g/mol. The molecule has 0 unspecified atom stereocenters. The van der Waals surface area contributed by atoms with Crippen LogP contribution in [0.3, 0.4) is 0 Å². The third kappa shape index (κ3) is 3.26. The summed E-state index contributed by atoms with van der Waals surface area (Å²) in [5, 5.41) is 22.3. The summed E-state index contributed by atoms with van der Waals surface area (Å²) in [6, 6.07) is 11.8. The minimum absolute atomic E-state index is 0.00247. The average molecular weight is 254 g/mol. The minimum Gasteiger partial charge on any atom is -0.366 e. The Hall–Kier alpha value is -2.94. The van der Waals surface area contributed by atoms with Gasteiger partial charge in [-0.25, -0.2) is 4.98 Å². The molecule has 0 radical (unpaired) electrons. The van der Waals surface area contributed by atoms with Crippen molar-refractivity contribution >= 4 is 11.5 Å². The highest BCUT2D eigenvalue weighted by Gasteiger charge is 2.06. The number of hydrogen-bond donors (Lipinski definition) is 1. The van der Waals surface area contributed by atoms with Gasteiger partial charge in [-0.3, -0.25) is 10.1 Å². The molecule has 1 aromatic heterocycles. The smallest absolute Gasteiger partial charge is 0.274 e. The zero-order valence-electron chi connectivity index (χ0n) is 9.91. The molecule has 0 bridgehead atoms. The van der Waals surface area contributed by atoms with Crippen LogP contribution in [0.15, 0.2) is 42.6 Å². The Balaban J connectivity index is 2.03. The Labute approximate surface area is 109 Å². The molecule has 0 aliphatic carbocycles. The van der Waals surface area contributed by atoms with Crippen LogP contribution in [0, 0.1) is 21.4 Å². The van der Waals surface area contributed by atoms with E-state index in [2.05, 4.69) is 10.3 Å². The molecule has 6 nitrogen and oxygen atoms in total. The first-order valence-corrected chi connectivity index (χ1v) is 5.52. The van der Waals surface area contributed by atoms with E-state index >= 15 is 0 Å². The van der Waals surface area contributed by atoms with Gasteiger partial charge < -0.3 is 5.32 Å². The molecule has 0 amide bonds. The summed E-state index contributed by atoms with van der Waals surface area (Å²) in [4.78, 5) is 14.2. The van der Waals surface area contributed by atoms with Gasteiger partial charge >= 0.3 is 0 Å². The SMILES string of the molecule is N#Cc1ccc(CNc2cc([N+](=O)[O-])ccn2)cc1. The van der Waals surface area contributed by atoms with Gasteiger partial charge in [0.25, 0.3) is 5.69 Å². The van der Waals surface area contributed by atoms with Crippen molar-refractivity contribution in [3.63, 3.8) is 0 Å². The summed E-state index contributed by atoms with van der Waals surface area (Å²) in [5.41, 5.74) is 1.56. The van der Waals surface area contributed by atoms with Crippen molar-refractivity contribution < 1.29 is 4.92 Å². The maximum Gasteiger partial charge on any atom is 0.274 e. The summed E-state index contributed by atoms with van der Waals surface area (Å²) < 4.78 is 0. The van der Waals surface area contributed by atoms with Gasteiger partial charge in [0, 0.05) is 18.8 Å². The highest BCUT2D eigenvalue weighted by molar-refractivity contribution is 5.44. The number of anilines is 1. The predicted molar refractivity (Wildman–Crippen MR) is 69.4 cm³/mol. The molecule has 0 aliphatic heterocycles. The van der Waals surface area contributed by atoms with Crippen molar-refractivity contribution in [1.29, 1.82) is 5.26 Å². The van der Waals surface area contributed by atoms with Crippen molar-refractivity contribution in [2.24, 2.45) is 0 Å². The summed E-state index contributed by atoms with van der Waals surface area (Å²) >= 11 is 0. The molecule has 6 heteroatoms. The maximum atomic E-state index is 10.6. The van der Waals surface area contributed by atoms with Crippen LogP contribution < -0.4 is 5.32 Å². The van der Waals surface area contributed by atoms with Gasteiger partial charge in [-0.05, 0) is 17.7 Å². The lowest BCUT2D eigenvalue weighted by Gasteiger charge is -2.05. The van der Waals surface area contributed by atoms with Crippen molar-refractivity contribution in [3.8, 4) is 6.07 Å². The summed E-state index contributed by atoms with van der Waals surface area (Å²) in [7, 11) is 0. The first kappa shape index (κ1) is 12.5. The normalized spacial score (nSPS) is 9.63. The molecule has 0 atom stereocenters. The number of pyridine rings is 1. The van der Waals surface area contributed by atoms with Gasteiger partial charge in [0.15, 0.2) is 0 Å². The number of nitriles is 1. The summed E-state index contributed by atoms with van der Waals surface area (Å²) in [5.74, 6) is 0.443. The van der Waals surface area contributed by atoms with E-state index < -0.39 is 4.92 Å². The number of hydrogen-bond acceptors (Lipinski definition) is 5. The second kappa shape index (κ2) is 5.60. The van der Waals surface area contributed by atoms with E-state index in [1.54, 1.807) is 12.1 Å². The highest BCUT2D eigenvalue weighted by Crippen LogP contribution is 2.15. The van der Waals surface area contributed by atoms with Gasteiger partial charge in [-0.1, -0.05) is 12.1 Å². The number of nitrogens with zero attached hydrogens (tertiary/aromatic N) is 3. The Bertz CT molecular complexity index is 632. The zero-order valence-corrected chi connectivity index (χ0v) is 9.91. The van der Waals surface area contributed by atoms with Crippen molar-refractivity contribution in [2.75, 3.05) is 5.32 Å². The fourth-order valence-electron chi connectivity index (χ4n) is 1.52. The van der Waals surface area contributed by atoms with Crippen molar-refractivity contribution in [3.05, 3.63) is 63.8 Å². The number of rotatable bonds is 4. The number of nitro groups is 1. The van der Waals surface area contributed by atoms with E-state index in [0.717, 1.165) is 5.56 Å². The molecule has 2 aromatic rings. The average Bonchev–Trinajstić information content (AvgIpc) is 2.46. The summed E-state index contributed by atoms with van der Waals surface area (Å²) in [6.07, 6.45) is 1.39. The lowest BCUT2D eigenvalue weighted by Crippen LogP contribution is -2.01. The van der Waals surface area contributed by atoms with E-state index in [-0.39, 0.29) is 5.69 Å². The minimum atomic E-state index is -0.464. The van der Waals surface area contributed by atoms with Crippen LogP contribution in [-0.4, -0.2) is 9.91 Å². The molecule has 0 saturated carbocycles. The third-order valence-corrected chi connectivity index (χ3v) is 2.51. The zero-order chi connectivity index (χ0) is 13.7. The number of aromatic nitrogens is 1. The first-order chi connectivity index (χ1) is 9.19. The Morgan fingerprint density at radius 1 is 1.32 bits per heavy atom. The molecule has 1 aromatic carbocycles. The fraction of sp³-hybridized carbons (Fsp3) is 0.0769. The van der Waals surface area contributed by atoms with Gasteiger partial charge in [-0.2, -0.15) is 5.26 Å². The first-order valence-electron chi connectivity index (χ1n) is 5.52. The Kier molecular flexibility index (Phi) is 3.69. The molecule has 0 fully saturated rings. The standard InChI is InChI=1S/C13H10N4O2/c14-8-10-1-3-11(4-2-10)9-16-13-7-12(17(18)19)5-6-15-13/h1-7H,9H2,(H,15,16). The molecular formula is C13H10N4O2. The number of benzene rings is 1. The molecule has 0 saturated heterocycles. The molecule has 1 N–H and O–H groups in total. The van der Waals surface area contributed by atoms with Crippen molar-refractivity contribution in [2.45, 2.75) is 6.54 Å². The lowest BCUT2D eigenvalue weighted by molar-refractivity contribution is -0.384. The second-order valence-electron chi connectivity index (χ2n) is 3.82. The van der Waals surface area contributed by atoms with Crippen LogP contribution in [0.5, 0.6) is 0 Å². The van der Waals surface area contributed by atoms with E-state index in [1.807, 2.05) is 18.2 Å². The largest absolute Gasteiger partial charge is 0.366 e. The van der Waals surface area contributed by atoms with Crippen LogP contribution in [0.2, 0.25) is 0 Å². The van der Waals surface area contributed by atoms with Crippen LogP contribution in [0.1, 0.15) is 11.1 Å². The maximum absolute atomic E-state index is 10.6. The molecular weight excluding hydrogens is 244 g/mol. The molecule has 1 heterocycles. The van der Waals surface area contributed by atoms with Gasteiger partial charge in [-0.15, -0.1) is 0 Å². The molecule has 0 aliphatic rings. The van der Waals surface area contributed by atoms with E-state index in [9.17, 15) is 10.1 Å². The van der Waals surface area contributed by atoms with Gasteiger partial charge in [0.05, 0.1) is 22.6 Å². The van der Waals surface area contributed by atoms with E-state index in [4.69, 9.17) is 5.26 Å². The molecule has 0 spiro atoms. The molecule has 94 valence electrons. The van der Waals surface area contributed by atoms with Gasteiger partial charge in [0.1, 0.15) is 5.82 Å².